The standard InChI is InChI=1S/C17H20N2O2/c1-4-12-8-13-16(11(3)10(12)2)18-9-19(17(13)21)14-6-5-7-15(14)20/h4,8-9,14-15,20H,1,5-7H2,2-3H3. The van der Waals surface area contributed by atoms with Gasteiger partial charge in [-0.3, -0.25) is 9.36 Å². The maximum absolute atomic E-state index is 12.8. The Bertz CT molecular complexity index is 776. The predicted octanol–water partition coefficient (Wildman–Crippen LogP) is 2.74. The first-order chi connectivity index (χ1) is 10.0. The van der Waals surface area contributed by atoms with Crippen LogP contribution in [0.1, 0.15) is 42.0 Å². The number of aliphatic hydroxyl groups excluding tert-OH is 1. The van der Waals surface area contributed by atoms with Crippen LogP contribution in [0.3, 0.4) is 0 Å². The lowest BCUT2D eigenvalue weighted by molar-refractivity contribution is 0.134. The van der Waals surface area contributed by atoms with Crippen LogP contribution in [-0.2, 0) is 0 Å². The minimum Gasteiger partial charge on any atom is -0.391 e. The molecular weight excluding hydrogens is 264 g/mol. The van der Waals surface area contributed by atoms with Gasteiger partial charge in [-0.2, -0.15) is 0 Å². The van der Waals surface area contributed by atoms with Crippen molar-refractivity contribution in [2.75, 3.05) is 0 Å². The van der Waals surface area contributed by atoms with E-state index in [0.717, 1.165) is 41.5 Å². The fourth-order valence-electron chi connectivity index (χ4n) is 3.26. The lowest BCUT2D eigenvalue weighted by Crippen LogP contribution is -2.29. The van der Waals surface area contributed by atoms with E-state index in [1.54, 1.807) is 17.0 Å². The summed E-state index contributed by atoms with van der Waals surface area (Å²) in [4.78, 5) is 17.2. The van der Waals surface area contributed by atoms with Crippen LogP contribution >= 0.6 is 0 Å². The Kier molecular flexibility index (Phi) is 3.41. The molecule has 1 fully saturated rings. The minimum absolute atomic E-state index is 0.0721. The molecule has 0 spiro atoms. The average Bonchev–Trinajstić information content (AvgIpc) is 2.89. The van der Waals surface area contributed by atoms with Gasteiger partial charge >= 0.3 is 0 Å². The number of aromatic nitrogens is 2. The molecule has 1 aliphatic carbocycles. The van der Waals surface area contributed by atoms with Crippen LogP contribution in [0.2, 0.25) is 0 Å². The molecule has 2 atom stereocenters. The number of aliphatic hydroxyl groups is 1. The number of benzene rings is 1. The van der Waals surface area contributed by atoms with Crippen molar-refractivity contribution in [3.05, 3.63) is 46.0 Å². The van der Waals surface area contributed by atoms with E-state index in [2.05, 4.69) is 11.6 Å². The number of hydrogen-bond donors (Lipinski definition) is 1. The second kappa shape index (κ2) is 5.11. The summed E-state index contributed by atoms with van der Waals surface area (Å²) in [6.07, 6.45) is 5.42. The summed E-state index contributed by atoms with van der Waals surface area (Å²) in [5.41, 5.74) is 3.74. The fourth-order valence-corrected chi connectivity index (χ4v) is 3.26. The number of hydrogen-bond acceptors (Lipinski definition) is 3. The van der Waals surface area contributed by atoms with Crippen molar-refractivity contribution in [3.63, 3.8) is 0 Å². The molecule has 1 saturated carbocycles. The van der Waals surface area contributed by atoms with Crippen molar-refractivity contribution in [1.29, 1.82) is 0 Å². The SMILES string of the molecule is C=Cc1cc2c(=O)n(C3CCCC3O)cnc2c(C)c1C. The van der Waals surface area contributed by atoms with Gasteiger partial charge in [0.2, 0.25) is 0 Å². The maximum Gasteiger partial charge on any atom is 0.261 e. The van der Waals surface area contributed by atoms with E-state index < -0.39 is 6.10 Å². The van der Waals surface area contributed by atoms with Crippen LogP contribution < -0.4 is 5.56 Å². The van der Waals surface area contributed by atoms with Gasteiger partial charge in [-0.15, -0.1) is 0 Å². The lowest BCUT2D eigenvalue weighted by atomic mass is 9.99. The second-order valence-electron chi connectivity index (χ2n) is 5.84. The molecule has 1 N–H and O–H groups in total. The highest BCUT2D eigenvalue weighted by atomic mass is 16.3. The summed E-state index contributed by atoms with van der Waals surface area (Å²) in [5, 5.41) is 10.6. The average molecular weight is 284 g/mol. The summed E-state index contributed by atoms with van der Waals surface area (Å²) < 4.78 is 1.60. The second-order valence-corrected chi connectivity index (χ2v) is 5.84. The van der Waals surface area contributed by atoms with Crippen LogP contribution in [0.4, 0.5) is 0 Å². The van der Waals surface area contributed by atoms with Crippen molar-refractivity contribution in [1.82, 2.24) is 9.55 Å². The van der Waals surface area contributed by atoms with Crippen LogP contribution in [0.15, 0.2) is 23.8 Å². The summed E-state index contributed by atoms with van der Waals surface area (Å²) >= 11 is 0. The van der Waals surface area contributed by atoms with Gasteiger partial charge in [0.1, 0.15) is 0 Å². The molecule has 2 aromatic rings. The maximum atomic E-state index is 12.8. The molecule has 0 amide bonds. The van der Waals surface area contributed by atoms with Crippen LogP contribution in [-0.4, -0.2) is 20.8 Å². The lowest BCUT2D eigenvalue weighted by Gasteiger charge is -2.18. The fraction of sp³-hybridized carbons (Fsp3) is 0.412. The summed E-state index contributed by atoms with van der Waals surface area (Å²) in [6, 6.07) is 1.71. The molecule has 1 heterocycles. The van der Waals surface area contributed by atoms with Crippen LogP contribution in [0.25, 0.3) is 17.0 Å². The topological polar surface area (TPSA) is 55.1 Å². The monoisotopic (exact) mass is 284 g/mol. The van der Waals surface area contributed by atoms with E-state index in [0.29, 0.717) is 5.39 Å². The van der Waals surface area contributed by atoms with E-state index in [1.807, 2.05) is 19.9 Å². The highest BCUT2D eigenvalue weighted by Crippen LogP contribution is 2.29. The molecule has 0 aliphatic heterocycles. The molecular formula is C17H20N2O2. The van der Waals surface area contributed by atoms with E-state index in [4.69, 9.17) is 0 Å². The number of rotatable bonds is 2. The summed E-state index contributed by atoms with van der Waals surface area (Å²) in [7, 11) is 0. The van der Waals surface area contributed by atoms with Gasteiger partial charge in [0.05, 0.1) is 29.4 Å². The molecule has 2 unspecified atom stereocenters. The van der Waals surface area contributed by atoms with E-state index in [9.17, 15) is 9.90 Å². The molecule has 1 aromatic heterocycles. The van der Waals surface area contributed by atoms with Gasteiger partial charge in [0.25, 0.3) is 5.56 Å². The van der Waals surface area contributed by atoms with E-state index in [-0.39, 0.29) is 11.6 Å². The quantitative estimate of drug-likeness (QED) is 0.922. The normalized spacial score (nSPS) is 21.9. The molecule has 1 aromatic carbocycles. The Hall–Kier alpha value is -1.94. The Morgan fingerprint density at radius 2 is 2.14 bits per heavy atom. The molecule has 0 saturated heterocycles. The van der Waals surface area contributed by atoms with Gasteiger partial charge in [-0.05, 0) is 55.9 Å². The first-order valence-electron chi connectivity index (χ1n) is 7.36. The Morgan fingerprint density at radius 3 is 2.76 bits per heavy atom. The first kappa shape index (κ1) is 14.0. The Balaban J connectivity index is 2.28. The molecule has 3 rings (SSSR count). The summed E-state index contributed by atoms with van der Waals surface area (Å²) in [6.45, 7) is 7.80. The zero-order chi connectivity index (χ0) is 15.1. The molecule has 21 heavy (non-hydrogen) atoms. The number of aryl methyl sites for hydroxylation is 1. The minimum atomic E-state index is -0.452. The van der Waals surface area contributed by atoms with Crippen molar-refractivity contribution in [2.45, 2.75) is 45.3 Å². The smallest absolute Gasteiger partial charge is 0.261 e. The third kappa shape index (κ3) is 2.10. The van der Waals surface area contributed by atoms with Crippen LogP contribution in [0, 0.1) is 13.8 Å². The highest BCUT2D eigenvalue weighted by molar-refractivity contribution is 5.85. The van der Waals surface area contributed by atoms with Crippen molar-refractivity contribution in [3.8, 4) is 0 Å². The third-order valence-electron chi connectivity index (χ3n) is 4.70. The zero-order valence-electron chi connectivity index (χ0n) is 12.5. The van der Waals surface area contributed by atoms with Crippen LogP contribution in [0.5, 0.6) is 0 Å². The Labute approximate surface area is 123 Å². The van der Waals surface area contributed by atoms with Gasteiger partial charge < -0.3 is 5.11 Å². The van der Waals surface area contributed by atoms with Gasteiger partial charge in [0.15, 0.2) is 0 Å². The molecule has 110 valence electrons. The zero-order valence-corrected chi connectivity index (χ0v) is 12.5. The van der Waals surface area contributed by atoms with Gasteiger partial charge in [0, 0.05) is 0 Å². The van der Waals surface area contributed by atoms with Crippen molar-refractivity contribution >= 4 is 17.0 Å². The number of fused-ring (bicyclic) bond motifs is 1. The van der Waals surface area contributed by atoms with Crippen molar-refractivity contribution in [2.24, 2.45) is 0 Å². The van der Waals surface area contributed by atoms with Gasteiger partial charge in [-0.25, -0.2) is 4.98 Å². The summed E-state index contributed by atoms with van der Waals surface area (Å²) in [5.74, 6) is 0. The number of nitrogens with zero attached hydrogens (tertiary/aromatic N) is 2. The van der Waals surface area contributed by atoms with Crippen molar-refractivity contribution < 1.29 is 5.11 Å². The van der Waals surface area contributed by atoms with E-state index >= 15 is 0 Å². The highest BCUT2D eigenvalue weighted by Gasteiger charge is 2.28. The molecule has 0 radical (unpaired) electrons. The Morgan fingerprint density at radius 1 is 1.38 bits per heavy atom. The largest absolute Gasteiger partial charge is 0.391 e. The molecule has 4 heteroatoms. The molecule has 4 nitrogen and oxygen atoms in total. The third-order valence-corrected chi connectivity index (χ3v) is 4.70. The molecule has 1 aliphatic rings. The molecule has 0 bridgehead atoms. The van der Waals surface area contributed by atoms with E-state index in [1.165, 1.54) is 0 Å². The first-order valence-corrected chi connectivity index (χ1v) is 7.36. The van der Waals surface area contributed by atoms with Gasteiger partial charge in [-0.1, -0.05) is 12.7 Å². The predicted molar refractivity (Wildman–Crippen MR) is 84.5 cm³/mol.